The molecule has 2 aromatic carbocycles. The van der Waals surface area contributed by atoms with E-state index in [0.717, 1.165) is 95.8 Å². The summed E-state index contributed by atoms with van der Waals surface area (Å²) < 4.78 is 6.10. The van der Waals surface area contributed by atoms with Gasteiger partial charge in [-0.1, -0.05) is 17.7 Å². The number of carbonyl (C=O) groups excluding carboxylic acids is 4. The van der Waals surface area contributed by atoms with Gasteiger partial charge in [-0.25, -0.2) is 9.83 Å². The van der Waals surface area contributed by atoms with E-state index in [1.54, 1.807) is 24.4 Å². The number of azo groups is 1. The van der Waals surface area contributed by atoms with Crippen molar-refractivity contribution >= 4 is 58.0 Å². The van der Waals surface area contributed by atoms with Crippen LogP contribution in [0.3, 0.4) is 0 Å². The van der Waals surface area contributed by atoms with Crippen LogP contribution in [0.1, 0.15) is 72.1 Å². The van der Waals surface area contributed by atoms with Crippen molar-refractivity contribution < 1.29 is 23.9 Å². The van der Waals surface area contributed by atoms with Gasteiger partial charge >= 0.3 is 0 Å². The van der Waals surface area contributed by atoms with Crippen LogP contribution in [-0.4, -0.2) is 97.4 Å². The highest BCUT2D eigenvalue weighted by Crippen LogP contribution is 2.35. The van der Waals surface area contributed by atoms with Gasteiger partial charge in [0.05, 0.1) is 34.9 Å². The minimum Gasteiger partial charge on any atom is -0.490 e. The Labute approximate surface area is 336 Å². The summed E-state index contributed by atoms with van der Waals surface area (Å²) in [6, 6.07) is 13.8. The Bertz CT molecular complexity index is 2080. The second kappa shape index (κ2) is 17.0. The van der Waals surface area contributed by atoms with Crippen LogP contribution in [0.15, 0.2) is 65.0 Å². The minimum absolute atomic E-state index is 0.0446. The molecule has 296 valence electrons. The Kier molecular flexibility index (Phi) is 11.5. The number of piperazine rings is 1. The monoisotopic (exact) mass is 791 g/mol. The molecule has 15 heteroatoms. The Hall–Kier alpha value is -5.39. The van der Waals surface area contributed by atoms with Crippen molar-refractivity contribution in [3.05, 3.63) is 82.3 Å². The fourth-order valence-corrected chi connectivity index (χ4v) is 8.87. The molecular weight excluding hydrogens is 746 g/mol. The summed E-state index contributed by atoms with van der Waals surface area (Å²) in [5.74, 6) is 0.369. The van der Waals surface area contributed by atoms with E-state index in [0.29, 0.717) is 45.6 Å². The fraction of sp³-hybridized carbons (Fsp3) is 0.476. The zero-order valence-corrected chi connectivity index (χ0v) is 32.5. The van der Waals surface area contributed by atoms with Crippen LogP contribution in [0.4, 0.5) is 22.9 Å². The van der Waals surface area contributed by atoms with E-state index in [9.17, 15) is 19.2 Å². The number of nitrogens with zero attached hydrogens (tertiary/aromatic N) is 7. The van der Waals surface area contributed by atoms with Gasteiger partial charge in [0, 0.05) is 75.7 Å². The van der Waals surface area contributed by atoms with Crippen LogP contribution in [0.2, 0.25) is 5.02 Å². The number of fused-ring (bicyclic) bond motifs is 1. The standard InChI is InChI=1S/C42H46ClN9O5/c1-44-36-11-8-31(23-34(36)43)57-30-6-3-28(4-7-30)46-41(55)27-2-12-37(45-24-27)52-16-14-26(15-17-52)25-50-18-20-51(21-19-50)29-5-10-35-33(22-29)40(54)39(49-48-35)32-9-13-38(53)47-42(32)56/h2,5,8,10-12,22-24,26,28,30,32,39H,3-4,6-7,9,13-21,25H2,(H,46,55)(H,47,53,56). The number of piperidine rings is 2. The summed E-state index contributed by atoms with van der Waals surface area (Å²) in [7, 11) is 0. The first-order valence-electron chi connectivity index (χ1n) is 20.0. The molecule has 14 nitrogen and oxygen atoms in total. The average Bonchev–Trinajstić information content (AvgIpc) is 3.23. The maximum Gasteiger partial charge on any atom is 0.253 e. The van der Waals surface area contributed by atoms with Crippen molar-refractivity contribution in [3.63, 3.8) is 0 Å². The number of aromatic nitrogens is 1. The van der Waals surface area contributed by atoms with Crippen molar-refractivity contribution in [2.45, 2.75) is 69.6 Å². The molecule has 0 radical (unpaired) electrons. The summed E-state index contributed by atoms with van der Waals surface area (Å²) in [6.07, 6.45) is 7.65. The molecular formula is C42H46ClN9O5. The third-order valence-electron chi connectivity index (χ3n) is 12.0. The maximum atomic E-state index is 13.5. The number of amides is 3. The van der Waals surface area contributed by atoms with E-state index in [1.807, 2.05) is 30.3 Å². The summed E-state index contributed by atoms with van der Waals surface area (Å²) >= 11 is 6.16. The van der Waals surface area contributed by atoms with Crippen LogP contribution in [0.5, 0.6) is 5.75 Å². The van der Waals surface area contributed by atoms with Gasteiger partial charge in [0.2, 0.25) is 17.5 Å². The summed E-state index contributed by atoms with van der Waals surface area (Å²) in [4.78, 5) is 65.8. The third kappa shape index (κ3) is 8.79. The molecule has 5 aliphatic rings. The largest absolute Gasteiger partial charge is 0.490 e. The molecule has 1 saturated carbocycles. The quantitative estimate of drug-likeness (QED) is 0.192. The molecule has 1 aromatic heterocycles. The van der Waals surface area contributed by atoms with Gasteiger partial charge in [0.15, 0.2) is 5.78 Å². The van der Waals surface area contributed by atoms with E-state index >= 15 is 0 Å². The van der Waals surface area contributed by atoms with Crippen molar-refractivity contribution in [1.82, 2.24) is 20.5 Å². The zero-order chi connectivity index (χ0) is 39.5. The number of benzene rings is 2. The molecule has 3 aromatic rings. The lowest BCUT2D eigenvalue weighted by Gasteiger charge is -2.40. The van der Waals surface area contributed by atoms with Crippen molar-refractivity contribution in [2.75, 3.05) is 55.6 Å². The van der Waals surface area contributed by atoms with Crippen molar-refractivity contribution in [2.24, 2.45) is 22.1 Å². The molecule has 8 rings (SSSR count). The molecule has 2 unspecified atom stereocenters. The van der Waals surface area contributed by atoms with Gasteiger partial charge < -0.3 is 19.9 Å². The molecule has 3 amide bonds. The lowest BCUT2D eigenvalue weighted by atomic mass is 9.85. The summed E-state index contributed by atoms with van der Waals surface area (Å²) in [6.45, 7) is 13.6. The zero-order valence-electron chi connectivity index (χ0n) is 31.7. The highest BCUT2D eigenvalue weighted by atomic mass is 35.5. The Balaban J connectivity index is 0.752. The number of pyridine rings is 1. The van der Waals surface area contributed by atoms with E-state index < -0.39 is 17.9 Å². The van der Waals surface area contributed by atoms with Crippen LogP contribution in [0.25, 0.3) is 4.85 Å². The van der Waals surface area contributed by atoms with Gasteiger partial charge in [0.1, 0.15) is 17.6 Å². The van der Waals surface area contributed by atoms with Gasteiger partial charge in [-0.05, 0) is 93.3 Å². The van der Waals surface area contributed by atoms with E-state index in [1.165, 1.54) is 0 Å². The molecule has 1 aliphatic carbocycles. The predicted octanol–water partition coefficient (Wildman–Crippen LogP) is 6.15. The van der Waals surface area contributed by atoms with E-state index in [2.05, 4.69) is 45.4 Å². The second-order valence-electron chi connectivity index (χ2n) is 15.7. The second-order valence-corrected chi connectivity index (χ2v) is 16.1. The normalized spacial score (nSPS) is 24.4. The number of Topliss-reactive ketones (excluding diaryl/α,β-unsaturated/α-hetero) is 1. The van der Waals surface area contributed by atoms with Crippen molar-refractivity contribution in [1.29, 1.82) is 0 Å². The van der Waals surface area contributed by atoms with E-state index in [4.69, 9.17) is 22.9 Å². The van der Waals surface area contributed by atoms with Crippen LogP contribution in [-0.2, 0) is 9.59 Å². The third-order valence-corrected chi connectivity index (χ3v) is 12.3. The molecule has 0 spiro atoms. The van der Waals surface area contributed by atoms with Crippen LogP contribution >= 0.6 is 11.6 Å². The number of hydrogen-bond acceptors (Lipinski definition) is 11. The number of nitrogens with one attached hydrogen (secondary N) is 2. The summed E-state index contributed by atoms with van der Waals surface area (Å²) in [5, 5.41) is 14.3. The van der Waals surface area contributed by atoms with Crippen LogP contribution < -0.4 is 25.2 Å². The molecule has 4 fully saturated rings. The number of halogens is 1. The summed E-state index contributed by atoms with van der Waals surface area (Å²) in [5.41, 5.74) is 2.93. The lowest BCUT2D eigenvalue weighted by molar-refractivity contribution is -0.136. The maximum absolute atomic E-state index is 13.5. The number of imide groups is 1. The SMILES string of the molecule is [C-]#[N+]c1ccc(OC2CCC(NC(=O)c3ccc(N4CCC(CN5CCN(c6ccc7c(c6)C(=O)C(C6CCC(=O)NC6=O)N=N7)CC5)CC4)nc3)CC2)cc1Cl. The first-order chi connectivity index (χ1) is 27.7. The van der Waals surface area contributed by atoms with Gasteiger partial charge in [-0.3, -0.25) is 29.4 Å². The van der Waals surface area contributed by atoms with E-state index in [-0.39, 0.29) is 36.2 Å². The Morgan fingerprint density at radius 3 is 2.40 bits per heavy atom. The molecule has 57 heavy (non-hydrogen) atoms. The highest BCUT2D eigenvalue weighted by molar-refractivity contribution is 6.33. The molecule has 3 saturated heterocycles. The number of ketones is 1. The topological polar surface area (TPSA) is 153 Å². The Morgan fingerprint density at radius 1 is 0.912 bits per heavy atom. The number of ether oxygens (including phenoxy) is 1. The number of carbonyl (C=O) groups is 4. The highest BCUT2D eigenvalue weighted by Gasteiger charge is 2.40. The molecule has 2 atom stereocenters. The van der Waals surface area contributed by atoms with Gasteiger partial charge in [-0.15, -0.1) is 0 Å². The predicted molar refractivity (Wildman–Crippen MR) is 215 cm³/mol. The molecule has 2 N–H and O–H groups in total. The Morgan fingerprint density at radius 2 is 1.70 bits per heavy atom. The van der Waals surface area contributed by atoms with Crippen molar-refractivity contribution in [3.8, 4) is 5.75 Å². The van der Waals surface area contributed by atoms with Gasteiger partial charge in [0.25, 0.3) is 5.91 Å². The molecule has 4 aliphatic heterocycles. The average molecular weight is 792 g/mol. The van der Waals surface area contributed by atoms with Gasteiger partial charge in [-0.2, -0.15) is 10.2 Å². The minimum atomic E-state index is -0.903. The number of rotatable bonds is 9. The van der Waals surface area contributed by atoms with Crippen LogP contribution in [0, 0.1) is 18.4 Å². The lowest BCUT2D eigenvalue weighted by Crippen LogP contribution is -2.49. The fourth-order valence-electron chi connectivity index (χ4n) is 8.66. The number of anilines is 2. The molecule has 5 heterocycles. The smallest absolute Gasteiger partial charge is 0.253 e. The first kappa shape index (κ1) is 38.5. The molecule has 0 bridgehead atoms. The number of hydrogen-bond donors (Lipinski definition) is 2. The first-order valence-corrected chi connectivity index (χ1v) is 20.3.